The Kier molecular flexibility index (Phi) is 6.79. The molecule has 0 N–H and O–H groups in total. The van der Waals surface area contributed by atoms with Crippen molar-refractivity contribution in [3.8, 4) is 0 Å². The zero-order valence-electron chi connectivity index (χ0n) is 12.4. The van der Waals surface area contributed by atoms with Crippen molar-refractivity contribution < 1.29 is 4.74 Å². The van der Waals surface area contributed by atoms with Gasteiger partial charge in [-0.25, -0.2) is 0 Å². The predicted molar refractivity (Wildman–Crippen MR) is 79.2 cm³/mol. The quantitative estimate of drug-likeness (QED) is 0.299. The van der Waals surface area contributed by atoms with Gasteiger partial charge in [0.15, 0.2) is 0 Å². The molecule has 2 atom stereocenters. The van der Waals surface area contributed by atoms with Crippen molar-refractivity contribution in [3.05, 3.63) is 0 Å². The standard InChI is InChI=1S/C15H32OSi/c1-5-6-7-8-9-10-11-12-13-14-15(16-14)17(2,3)4/h14-15H,5-13H2,1-4H3/t14-,15-/m0/s1. The van der Waals surface area contributed by atoms with Crippen molar-refractivity contribution >= 4 is 8.07 Å². The normalized spacial score (nSPS) is 24.0. The van der Waals surface area contributed by atoms with Crippen LogP contribution >= 0.6 is 0 Å². The largest absolute Gasteiger partial charge is 0.373 e. The highest BCUT2D eigenvalue weighted by atomic mass is 28.3. The first-order valence-corrected chi connectivity index (χ1v) is 11.3. The zero-order chi connectivity index (χ0) is 12.7. The summed E-state index contributed by atoms with van der Waals surface area (Å²) < 4.78 is 5.80. The molecule has 1 nitrogen and oxygen atoms in total. The molecule has 1 fully saturated rings. The lowest BCUT2D eigenvalue weighted by Gasteiger charge is -2.11. The Morgan fingerprint density at radius 3 is 1.82 bits per heavy atom. The topological polar surface area (TPSA) is 12.5 Å². The van der Waals surface area contributed by atoms with E-state index in [-0.39, 0.29) is 0 Å². The maximum absolute atomic E-state index is 5.80. The maximum atomic E-state index is 5.80. The average Bonchev–Trinajstić information content (AvgIpc) is 3.01. The molecule has 0 aromatic heterocycles. The van der Waals surface area contributed by atoms with Crippen LogP contribution in [0.25, 0.3) is 0 Å². The van der Waals surface area contributed by atoms with Gasteiger partial charge in [0.2, 0.25) is 0 Å². The predicted octanol–water partition coefficient (Wildman–Crippen LogP) is 5.16. The van der Waals surface area contributed by atoms with Gasteiger partial charge in [-0.1, -0.05) is 77.9 Å². The zero-order valence-corrected chi connectivity index (χ0v) is 13.4. The van der Waals surface area contributed by atoms with Crippen LogP contribution in [0.5, 0.6) is 0 Å². The van der Waals surface area contributed by atoms with Crippen molar-refractivity contribution in [2.75, 3.05) is 0 Å². The summed E-state index contributed by atoms with van der Waals surface area (Å²) in [6.45, 7) is 9.55. The molecule has 0 amide bonds. The van der Waals surface area contributed by atoms with Crippen LogP contribution in [0.3, 0.4) is 0 Å². The van der Waals surface area contributed by atoms with E-state index >= 15 is 0 Å². The second-order valence-electron chi connectivity index (χ2n) is 6.72. The van der Waals surface area contributed by atoms with E-state index in [1.165, 1.54) is 57.8 Å². The summed E-state index contributed by atoms with van der Waals surface area (Å²) in [7, 11) is -0.999. The van der Waals surface area contributed by atoms with Gasteiger partial charge in [-0.3, -0.25) is 0 Å². The summed E-state index contributed by atoms with van der Waals surface area (Å²) in [6.07, 6.45) is 13.3. The smallest absolute Gasteiger partial charge is 0.0819 e. The Balaban J connectivity index is 1.83. The SMILES string of the molecule is CCCCCCCCCC[C@@H]1O[C@H]1[Si](C)(C)C. The van der Waals surface area contributed by atoms with Gasteiger partial charge in [0, 0.05) is 0 Å². The molecule has 0 unspecified atom stereocenters. The van der Waals surface area contributed by atoms with Crippen LogP contribution in [0.1, 0.15) is 64.7 Å². The van der Waals surface area contributed by atoms with Gasteiger partial charge in [0.25, 0.3) is 0 Å². The van der Waals surface area contributed by atoms with Crippen LogP contribution in [-0.2, 0) is 4.74 Å². The second-order valence-corrected chi connectivity index (χ2v) is 12.0. The molecule has 0 bridgehead atoms. The number of epoxide rings is 1. The van der Waals surface area contributed by atoms with Gasteiger partial charge in [-0.2, -0.15) is 0 Å². The monoisotopic (exact) mass is 256 g/mol. The Labute approximate surface area is 109 Å². The summed E-state index contributed by atoms with van der Waals surface area (Å²) in [5, 5.41) is 0. The van der Waals surface area contributed by atoms with E-state index < -0.39 is 8.07 Å². The van der Waals surface area contributed by atoms with E-state index in [9.17, 15) is 0 Å². The number of hydrogen-bond acceptors (Lipinski definition) is 1. The fourth-order valence-electron chi connectivity index (χ4n) is 2.60. The van der Waals surface area contributed by atoms with Crippen LogP contribution in [0, 0.1) is 0 Å². The number of unbranched alkanes of at least 4 members (excludes halogenated alkanes) is 7. The second kappa shape index (κ2) is 7.58. The Morgan fingerprint density at radius 2 is 1.35 bits per heavy atom. The third kappa shape index (κ3) is 6.61. The molecule has 0 spiro atoms. The molecule has 1 rings (SSSR count). The highest BCUT2D eigenvalue weighted by molar-refractivity contribution is 6.78. The van der Waals surface area contributed by atoms with E-state index in [1.807, 2.05) is 0 Å². The molecule has 1 aliphatic rings. The number of hydrogen-bond donors (Lipinski definition) is 0. The van der Waals surface area contributed by atoms with Crippen LogP contribution in [0.2, 0.25) is 19.6 Å². The van der Waals surface area contributed by atoms with Gasteiger partial charge in [0.05, 0.1) is 19.9 Å². The molecule has 1 heterocycles. The van der Waals surface area contributed by atoms with Crippen molar-refractivity contribution in [2.45, 2.75) is 96.2 Å². The minimum atomic E-state index is -0.999. The first-order valence-electron chi connectivity index (χ1n) is 7.71. The number of ether oxygens (including phenoxy) is 1. The van der Waals surface area contributed by atoms with E-state index in [4.69, 9.17) is 4.74 Å². The first kappa shape index (κ1) is 15.2. The Bertz CT molecular complexity index is 198. The fourth-order valence-corrected chi connectivity index (χ4v) is 4.47. The summed E-state index contributed by atoms with van der Waals surface area (Å²) in [5.41, 5.74) is 0.673. The molecule has 2 heteroatoms. The van der Waals surface area contributed by atoms with E-state index in [2.05, 4.69) is 26.6 Å². The van der Waals surface area contributed by atoms with Crippen LogP contribution in [0.4, 0.5) is 0 Å². The molecule has 0 aromatic carbocycles. The highest BCUT2D eigenvalue weighted by Gasteiger charge is 2.47. The van der Waals surface area contributed by atoms with Crippen molar-refractivity contribution in [3.63, 3.8) is 0 Å². The summed E-state index contributed by atoms with van der Waals surface area (Å²) in [4.78, 5) is 0. The van der Waals surface area contributed by atoms with Crippen molar-refractivity contribution in [2.24, 2.45) is 0 Å². The molecule has 0 aliphatic carbocycles. The average molecular weight is 257 g/mol. The minimum Gasteiger partial charge on any atom is -0.373 e. The van der Waals surface area contributed by atoms with Crippen molar-refractivity contribution in [1.29, 1.82) is 0 Å². The minimum absolute atomic E-state index is 0.641. The lowest BCUT2D eigenvalue weighted by atomic mass is 10.1. The van der Waals surface area contributed by atoms with Crippen LogP contribution in [0.15, 0.2) is 0 Å². The molecule has 102 valence electrons. The molecule has 0 radical (unpaired) electrons. The number of rotatable bonds is 10. The molecular formula is C15H32OSi. The van der Waals surface area contributed by atoms with Gasteiger partial charge < -0.3 is 4.74 Å². The van der Waals surface area contributed by atoms with E-state index in [0.29, 0.717) is 11.8 Å². The van der Waals surface area contributed by atoms with E-state index in [0.717, 1.165) is 0 Å². The lowest BCUT2D eigenvalue weighted by molar-refractivity contribution is 0.377. The maximum Gasteiger partial charge on any atom is 0.0819 e. The molecule has 1 saturated heterocycles. The molecule has 0 aromatic rings. The van der Waals surface area contributed by atoms with E-state index in [1.54, 1.807) is 0 Å². The third-order valence-corrected chi connectivity index (χ3v) is 5.99. The molecule has 0 saturated carbocycles. The van der Waals surface area contributed by atoms with Gasteiger partial charge in [0.1, 0.15) is 0 Å². The summed E-state index contributed by atoms with van der Waals surface area (Å²) in [5.74, 6) is 0. The lowest BCUT2D eigenvalue weighted by Crippen LogP contribution is -2.30. The Morgan fingerprint density at radius 1 is 0.824 bits per heavy atom. The van der Waals surface area contributed by atoms with Gasteiger partial charge >= 0.3 is 0 Å². The third-order valence-electron chi connectivity index (χ3n) is 3.78. The van der Waals surface area contributed by atoms with Gasteiger partial charge in [-0.15, -0.1) is 0 Å². The molecular weight excluding hydrogens is 224 g/mol. The first-order chi connectivity index (χ1) is 8.05. The van der Waals surface area contributed by atoms with Crippen molar-refractivity contribution in [1.82, 2.24) is 0 Å². The van der Waals surface area contributed by atoms with Crippen LogP contribution in [-0.4, -0.2) is 19.9 Å². The molecule has 1 aliphatic heterocycles. The summed E-state index contributed by atoms with van der Waals surface area (Å²) in [6, 6.07) is 0. The molecule has 17 heavy (non-hydrogen) atoms. The fraction of sp³-hybridized carbons (Fsp3) is 1.00. The highest BCUT2D eigenvalue weighted by Crippen LogP contribution is 2.34. The summed E-state index contributed by atoms with van der Waals surface area (Å²) >= 11 is 0. The van der Waals surface area contributed by atoms with Gasteiger partial charge in [-0.05, 0) is 6.42 Å². The van der Waals surface area contributed by atoms with Crippen LogP contribution < -0.4 is 0 Å². The Hall–Kier alpha value is 0.177.